The molecule has 2 nitrogen and oxygen atoms in total. The highest BCUT2D eigenvalue weighted by atomic mass is 32.9. The lowest BCUT2D eigenvalue weighted by Gasteiger charge is -2.16. The van der Waals surface area contributed by atoms with Gasteiger partial charge in [0, 0.05) is 0 Å². The van der Waals surface area contributed by atoms with Crippen LogP contribution in [0.3, 0.4) is 0 Å². The molecule has 0 radical (unpaired) electrons. The van der Waals surface area contributed by atoms with Gasteiger partial charge >= 0.3 is 0 Å². The molecule has 0 aromatic rings. The minimum atomic E-state index is -2.90. The van der Waals surface area contributed by atoms with Gasteiger partial charge in [-0.15, -0.1) is 10.1 Å². The van der Waals surface area contributed by atoms with Crippen LogP contribution in [0.4, 0.5) is 0 Å². The predicted molar refractivity (Wildman–Crippen MR) is 85.7 cm³/mol. The summed E-state index contributed by atoms with van der Waals surface area (Å²) in [6.45, 7) is 4.39. The van der Waals surface area contributed by atoms with Crippen molar-refractivity contribution in [2.75, 3.05) is 11.5 Å². The third-order valence-electron chi connectivity index (χ3n) is 2.81. The first-order chi connectivity index (χ1) is 8.02. The molecule has 106 valence electrons. The van der Waals surface area contributed by atoms with Gasteiger partial charge in [-0.2, -0.15) is 0 Å². The standard InChI is InChI=1S/C12H29O2PS2/c1-3-5-7-9-11-17(15(13,14)16)12-10-8-6-4-2/h13-14,16H,3-12H2,1-2H3. The van der Waals surface area contributed by atoms with Gasteiger partial charge in [-0.05, 0) is 24.3 Å². The number of hydrogen-bond acceptors (Lipinski definition) is 0. The van der Waals surface area contributed by atoms with Crippen molar-refractivity contribution in [3.05, 3.63) is 0 Å². The molecule has 17 heavy (non-hydrogen) atoms. The summed E-state index contributed by atoms with van der Waals surface area (Å²) < 4.78 is 0. The average Bonchev–Trinajstić information content (AvgIpc) is 2.25. The van der Waals surface area contributed by atoms with Gasteiger partial charge in [0.1, 0.15) is 0 Å². The first-order valence-electron chi connectivity index (χ1n) is 6.77. The summed E-state index contributed by atoms with van der Waals surface area (Å²) in [6.07, 6.45) is 9.62. The second-order valence-electron chi connectivity index (χ2n) is 4.51. The summed E-state index contributed by atoms with van der Waals surface area (Å²) in [5.41, 5.74) is -2.90. The van der Waals surface area contributed by atoms with Gasteiger partial charge < -0.3 is 9.79 Å². The average molecular weight is 300 g/mol. The van der Waals surface area contributed by atoms with E-state index >= 15 is 0 Å². The van der Waals surface area contributed by atoms with Crippen molar-refractivity contribution in [1.82, 2.24) is 0 Å². The predicted octanol–water partition coefficient (Wildman–Crippen LogP) is 4.36. The number of hydrogen-bond donors (Lipinski definition) is 3. The molecule has 0 unspecified atom stereocenters. The Bertz CT molecular complexity index is 216. The van der Waals surface area contributed by atoms with E-state index in [0.717, 1.165) is 24.3 Å². The van der Waals surface area contributed by atoms with E-state index < -0.39 is 5.69 Å². The fraction of sp³-hybridized carbons (Fsp3) is 1.00. The largest absolute Gasteiger partial charge is 0.341 e. The molecule has 0 aromatic heterocycles. The molecule has 0 rings (SSSR count). The molecule has 0 aliphatic carbocycles. The van der Waals surface area contributed by atoms with Crippen molar-refractivity contribution in [1.29, 1.82) is 0 Å². The Labute approximate surface area is 114 Å². The maximum atomic E-state index is 9.73. The Morgan fingerprint density at radius 3 is 1.53 bits per heavy atom. The summed E-state index contributed by atoms with van der Waals surface area (Å²) in [6, 6.07) is 0. The van der Waals surface area contributed by atoms with E-state index in [4.69, 9.17) is 0 Å². The van der Waals surface area contributed by atoms with Gasteiger partial charge in [-0.1, -0.05) is 64.6 Å². The molecule has 5 heteroatoms. The van der Waals surface area contributed by atoms with Crippen LogP contribution in [-0.4, -0.2) is 21.3 Å². The second-order valence-corrected chi connectivity index (χ2v) is 12.8. The van der Waals surface area contributed by atoms with Crippen LogP contribution in [0, 0.1) is 0 Å². The second kappa shape index (κ2) is 10.9. The molecule has 0 heterocycles. The van der Waals surface area contributed by atoms with E-state index in [0.29, 0.717) is 0 Å². The molecular weight excluding hydrogens is 271 g/mol. The van der Waals surface area contributed by atoms with Gasteiger partial charge in [0.15, 0.2) is 5.69 Å². The molecule has 0 saturated carbocycles. The minimum absolute atomic E-state index is 0.262. The number of unbranched alkanes of at least 4 members (excludes halogenated alkanes) is 6. The zero-order valence-corrected chi connectivity index (χ0v) is 13.9. The van der Waals surface area contributed by atoms with E-state index in [2.05, 4.69) is 26.1 Å². The Morgan fingerprint density at radius 1 is 0.824 bits per heavy atom. The van der Waals surface area contributed by atoms with Crippen molar-refractivity contribution in [3.63, 3.8) is 0 Å². The molecule has 0 amide bonds. The van der Waals surface area contributed by atoms with Crippen molar-refractivity contribution in [2.24, 2.45) is 0 Å². The Hall–Kier alpha value is 1.05. The maximum Gasteiger partial charge on any atom is 0.198 e. The highest BCUT2D eigenvalue weighted by Gasteiger charge is 2.10. The van der Waals surface area contributed by atoms with Crippen molar-refractivity contribution in [3.8, 4) is 0 Å². The first-order valence-corrected chi connectivity index (χ1v) is 11.8. The normalized spacial score (nSPS) is 12.4. The third kappa shape index (κ3) is 10.6. The van der Waals surface area contributed by atoms with E-state index in [1.54, 1.807) is 0 Å². The number of rotatable bonds is 10. The van der Waals surface area contributed by atoms with Crippen LogP contribution in [-0.2, 0) is 10.1 Å². The molecule has 0 aromatic carbocycles. The van der Waals surface area contributed by atoms with Crippen LogP contribution in [0.15, 0.2) is 0 Å². The summed E-state index contributed by atoms with van der Waals surface area (Å²) in [5, 5.41) is 0. The van der Waals surface area contributed by atoms with Crippen molar-refractivity contribution >= 4 is 28.0 Å². The molecule has 0 spiro atoms. The number of thiol groups is 1. The zero-order chi connectivity index (χ0) is 13.1. The molecule has 0 aliphatic heterocycles. The molecule has 0 aliphatic rings. The van der Waals surface area contributed by atoms with E-state index in [-0.39, 0.29) is 10.1 Å². The molecule has 0 fully saturated rings. The summed E-state index contributed by atoms with van der Waals surface area (Å²) >= 11 is 4.03. The van der Waals surface area contributed by atoms with Crippen LogP contribution in [0.5, 0.6) is 0 Å². The van der Waals surface area contributed by atoms with E-state index in [1.165, 1.54) is 38.5 Å². The topological polar surface area (TPSA) is 40.5 Å². The Morgan fingerprint density at radius 2 is 1.24 bits per heavy atom. The third-order valence-corrected chi connectivity index (χ3v) is 10.3. The first kappa shape index (κ1) is 18.0. The van der Waals surface area contributed by atoms with Crippen LogP contribution >= 0.6 is 17.9 Å². The van der Waals surface area contributed by atoms with E-state index in [9.17, 15) is 9.79 Å². The SMILES string of the molecule is CCCCCCS(CCCCCC)=P(O)(O)S. The fourth-order valence-corrected chi connectivity index (χ4v) is 7.22. The quantitative estimate of drug-likeness (QED) is 0.319. The van der Waals surface area contributed by atoms with Gasteiger partial charge in [0.2, 0.25) is 0 Å². The monoisotopic (exact) mass is 300 g/mol. The smallest absolute Gasteiger partial charge is 0.198 e. The highest BCUT2D eigenvalue weighted by Crippen LogP contribution is 2.47. The fourth-order valence-electron chi connectivity index (χ4n) is 1.74. The minimum Gasteiger partial charge on any atom is -0.341 e. The summed E-state index contributed by atoms with van der Waals surface area (Å²) in [7, 11) is -0.262. The molecule has 0 atom stereocenters. The van der Waals surface area contributed by atoms with E-state index in [1.807, 2.05) is 0 Å². The van der Waals surface area contributed by atoms with Crippen LogP contribution in [0.25, 0.3) is 0 Å². The zero-order valence-electron chi connectivity index (χ0n) is 11.3. The van der Waals surface area contributed by atoms with Gasteiger partial charge in [0.25, 0.3) is 0 Å². The lowest BCUT2D eigenvalue weighted by molar-refractivity contribution is 0.502. The van der Waals surface area contributed by atoms with Gasteiger partial charge in [-0.25, -0.2) is 0 Å². The lowest BCUT2D eigenvalue weighted by atomic mass is 10.2. The van der Waals surface area contributed by atoms with Crippen LogP contribution < -0.4 is 0 Å². The molecule has 0 bridgehead atoms. The Balaban J connectivity index is 4.01. The van der Waals surface area contributed by atoms with Gasteiger partial charge in [-0.3, -0.25) is 0 Å². The summed E-state index contributed by atoms with van der Waals surface area (Å²) in [5.74, 6) is 1.91. The summed E-state index contributed by atoms with van der Waals surface area (Å²) in [4.78, 5) is 19.5. The lowest BCUT2D eigenvalue weighted by Crippen LogP contribution is -2.04. The van der Waals surface area contributed by atoms with Crippen LogP contribution in [0.1, 0.15) is 65.2 Å². The van der Waals surface area contributed by atoms with Gasteiger partial charge in [0.05, 0.1) is 0 Å². The maximum absolute atomic E-state index is 9.73. The van der Waals surface area contributed by atoms with Crippen molar-refractivity contribution in [2.45, 2.75) is 65.2 Å². The molecule has 2 N–H and O–H groups in total. The van der Waals surface area contributed by atoms with Crippen molar-refractivity contribution < 1.29 is 9.79 Å². The molecular formula is C12H29O2PS2. The Kier molecular flexibility index (Phi) is 11.6. The molecule has 0 saturated heterocycles. The van der Waals surface area contributed by atoms with Crippen LogP contribution in [0.2, 0.25) is 0 Å². The highest BCUT2D eigenvalue weighted by molar-refractivity contribution is 8.65.